The van der Waals surface area contributed by atoms with Crippen molar-refractivity contribution in [2.45, 2.75) is 12.8 Å². The molecule has 0 aromatic heterocycles. The maximum Gasteiger partial charge on any atom is 0.312 e. The molecule has 3 amide bonds. The number of amides is 3. The summed E-state index contributed by atoms with van der Waals surface area (Å²) in [5.74, 6) is -1.42. The number of halogens is 1. The van der Waals surface area contributed by atoms with Gasteiger partial charge in [-0.15, -0.1) is 0 Å². The normalized spacial score (nSPS) is 17.7. The zero-order chi connectivity index (χ0) is 18.0. The van der Waals surface area contributed by atoms with Gasteiger partial charge in [0.05, 0.1) is 5.56 Å². The standard InChI is InChI=1S/C17H20ClN3O4/c18-12-3-4-14(22)13(11-12)15(23)20-7-9-21(10-8-20)17(25)16(24)19-5-1-2-6-19/h3-4,11,22H,1-2,5-10H2. The number of carbonyl (C=O) groups is 3. The zero-order valence-corrected chi connectivity index (χ0v) is 14.5. The van der Waals surface area contributed by atoms with Crippen molar-refractivity contribution < 1.29 is 19.5 Å². The first-order valence-electron chi connectivity index (χ1n) is 8.33. The molecule has 0 saturated carbocycles. The summed E-state index contributed by atoms with van der Waals surface area (Å²) in [6.45, 7) is 2.48. The van der Waals surface area contributed by atoms with E-state index in [1.807, 2.05) is 0 Å². The molecule has 8 heteroatoms. The smallest absolute Gasteiger partial charge is 0.312 e. The first-order valence-corrected chi connectivity index (χ1v) is 8.71. The van der Waals surface area contributed by atoms with Gasteiger partial charge in [-0.3, -0.25) is 14.4 Å². The number of phenols is 1. The number of hydrogen-bond acceptors (Lipinski definition) is 4. The van der Waals surface area contributed by atoms with Crippen LogP contribution in [-0.4, -0.2) is 76.8 Å². The molecule has 0 unspecified atom stereocenters. The fourth-order valence-electron chi connectivity index (χ4n) is 3.15. The highest BCUT2D eigenvalue weighted by molar-refractivity contribution is 6.35. The topological polar surface area (TPSA) is 81.2 Å². The molecule has 1 aromatic rings. The van der Waals surface area contributed by atoms with Gasteiger partial charge in [-0.2, -0.15) is 0 Å². The van der Waals surface area contributed by atoms with Crippen LogP contribution in [0.5, 0.6) is 5.75 Å². The monoisotopic (exact) mass is 365 g/mol. The summed E-state index contributed by atoms with van der Waals surface area (Å²) in [6, 6.07) is 4.31. The van der Waals surface area contributed by atoms with Crippen molar-refractivity contribution in [2.24, 2.45) is 0 Å². The lowest BCUT2D eigenvalue weighted by Gasteiger charge is -2.35. The van der Waals surface area contributed by atoms with Crippen molar-refractivity contribution in [3.05, 3.63) is 28.8 Å². The molecular weight excluding hydrogens is 346 g/mol. The number of hydrogen-bond donors (Lipinski definition) is 1. The van der Waals surface area contributed by atoms with Crippen LogP contribution in [0.3, 0.4) is 0 Å². The third kappa shape index (κ3) is 3.71. The van der Waals surface area contributed by atoms with Crippen molar-refractivity contribution in [2.75, 3.05) is 39.3 Å². The first kappa shape index (κ1) is 17.5. The minimum atomic E-state index is -0.500. The molecule has 25 heavy (non-hydrogen) atoms. The number of benzene rings is 1. The highest BCUT2D eigenvalue weighted by Crippen LogP contribution is 2.23. The molecule has 0 bridgehead atoms. The van der Waals surface area contributed by atoms with Crippen LogP contribution in [0.1, 0.15) is 23.2 Å². The predicted octanol–water partition coefficient (Wildman–Crippen LogP) is 0.952. The summed E-state index contributed by atoms with van der Waals surface area (Å²) in [7, 11) is 0. The van der Waals surface area contributed by atoms with Gasteiger partial charge >= 0.3 is 11.8 Å². The summed E-state index contributed by atoms with van der Waals surface area (Å²) in [5.41, 5.74) is 0.139. The SMILES string of the molecule is O=C(C(=O)N1CCN(C(=O)c2cc(Cl)ccc2O)CC1)N1CCCC1. The molecule has 1 N–H and O–H groups in total. The van der Waals surface area contributed by atoms with Crippen molar-refractivity contribution in [1.29, 1.82) is 0 Å². The molecule has 2 heterocycles. The summed E-state index contributed by atoms with van der Waals surface area (Å²) in [5, 5.41) is 10.2. The van der Waals surface area contributed by atoms with Crippen LogP contribution in [0, 0.1) is 0 Å². The number of likely N-dealkylation sites (tertiary alicyclic amines) is 1. The van der Waals surface area contributed by atoms with Gasteiger partial charge in [-0.05, 0) is 31.0 Å². The van der Waals surface area contributed by atoms with Crippen molar-refractivity contribution >= 4 is 29.3 Å². The summed E-state index contributed by atoms with van der Waals surface area (Å²) >= 11 is 5.88. The molecule has 2 aliphatic rings. The maximum absolute atomic E-state index is 12.5. The zero-order valence-electron chi connectivity index (χ0n) is 13.8. The van der Waals surface area contributed by atoms with Crippen molar-refractivity contribution in [3.8, 4) is 5.75 Å². The second-order valence-corrected chi connectivity index (χ2v) is 6.68. The van der Waals surface area contributed by atoms with Gasteiger partial charge in [0.2, 0.25) is 0 Å². The van der Waals surface area contributed by atoms with E-state index in [1.165, 1.54) is 23.1 Å². The quantitative estimate of drug-likeness (QED) is 0.751. The van der Waals surface area contributed by atoms with Gasteiger partial charge in [-0.1, -0.05) is 11.6 Å². The van der Waals surface area contributed by atoms with Crippen molar-refractivity contribution in [1.82, 2.24) is 14.7 Å². The van der Waals surface area contributed by atoms with Crippen LogP contribution in [0.15, 0.2) is 18.2 Å². The lowest BCUT2D eigenvalue weighted by molar-refractivity contribution is -0.152. The minimum Gasteiger partial charge on any atom is -0.507 e. The molecule has 2 saturated heterocycles. The molecule has 2 aliphatic heterocycles. The lowest BCUT2D eigenvalue weighted by atomic mass is 10.1. The maximum atomic E-state index is 12.5. The fraction of sp³-hybridized carbons (Fsp3) is 0.471. The van der Waals surface area contributed by atoms with Crippen LogP contribution in [-0.2, 0) is 9.59 Å². The molecule has 134 valence electrons. The summed E-state index contributed by atoms with van der Waals surface area (Å²) in [4.78, 5) is 41.6. The van der Waals surface area contributed by atoms with Gasteiger partial charge in [-0.25, -0.2) is 0 Å². The van der Waals surface area contributed by atoms with E-state index < -0.39 is 11.8 Å². The third-order valence-corrected chi connectivity index (χ3v) is 4.85. The first-order chi connectivity index (χ1) is 12.0. The third-order valence-electron chi connectivity index (χ3n) is 4.62. The lowest BCUT2D eigenvalue weighted by Crippen LogP contribution is -2.54. The molecule has 0 atom stereocenters. The Bertz CT molecular complexity index is 695. The van der Waals surface area contributed by atoms with E-state index in [2.05, 4.69) is 0 Å². The second-order valence-electron chi connectivity index (χ2n) is 6.25. The average Bonchev–Trinajstić information content (AvgIpc) is 3.16. The predicted molar refractivity (Wildman–Crippen MR) is 91.4 cm³/mol. The fourth-order valence-corrected chi connectivity index (χ4v) is 3.33. The number of phenolic OH excluding ortho intramolecular Hbond substituents is 1. The molecular formula is C17H20ClN3O4. The summed E-state index contributed by atoms with van der Waals surface area (Å²) < 4.78 is 0. The number of aromatic hydroxyl groups is 1. The van der Waals surface area contributed by atoms with E-state index in [1.54, 1.807) is 9.80 Å². The molecule has 3 rings (SSSR count). The van der Waals surface area contributed by atoms with Gasteiger partial charge < -0.3 is 19.8 Å². The molecule has 7 nitrogen and oxygen atoms in total. The molecule has 0 radical (unpaired) electrons. The van der Waals surface area contributed by atoms with Crippen LogP contribution in [0.2, 0.25) is 5.02 Å². The number of rotatable bonds is 1. The second kappa shape index (κ2) is 7.31. The van der Waals surface area contributed by atoms with Gasteiger partial charge in [0.15, 0.2) is 0 Å². The number of piperazine rings is 1. The molecule has 1 aromatic carbocycles. The van der Waals surface area contributed by atoms with E-state index in [9.17, 15) is 19.5 Å². The molecule has 0 spiro atoms. The minimum absolute atomic E-state index is 0.128. The van der Waals surface area contributed by atoms with Crippen LogP contribution >= 0.6 is 11.6 Å². The van der Waals surface area contributed by atoms with Gasteiger partial charge in [0, 0.05) is 44.3 Å². The highest BCUT2D eigenvalue weighted by atomic mass is 35.5. The van der Waals surface area contributed by atoms with E-state index in [0.717, 1.165) is 12.8 Å². The van der Waals surface area contributed by atoms with Crippen LogP contribution in [0.4, 0.5) is 0 Å². The van der Waals surface area contributed by atoms with Crippen LogP contribution in [0.25, 0.3) is 0 Å². The number of nitrogens with zero attached hydrogens (tertiary/aromatic N) is 3. The van der Waals surface area contributed by atoms with E-state index >= 15 is 0 Å². The van der Waals surface area contributed by atoms with Gasteiger partial charge in [0.25, 0.3) is 5.91 Å². The Kier molecular flexibility index (Phi) is 5.13. The Morgan fingerprint density at radius 2 is 1.36 bits per heavy atom. The number of carbonyl (C=O) groups excluding carboxylic acids is 3. The average molecular weight is 366 g/mol. The Morgan fingerprint density at radius 3 is 1.96 bits per heavy atom. The van der Waals surface area contributed by atoms with Gasteiger partial charge in [0.1, 0.15) is 5.75 Å². The largest absolute Gasteiger partial charge is 0.507 e. The highest BCUT2D eigenvalue weighted by Gasteiger charge is 2.32. The molecule has 2 fully saturated rings. The Morgan fingerprint density at radius 1 is 0.840 bits per heavy atom. The Labute approximate surface area is 150 Å². The van der Waals surface area contributed by atoms with E-state index in [4.69, 9.17) is 11.6 Å². The Balaban J connectivity index is 1.59. The van der Waals surface area contributed by atoms with E-state index in [0.29, 0.717) is 44.3 Å². The summed E-state index contributed by atoms with van der Waals surface area (Å²) in [6.07, 6.45) is 1.87. The van der Waals surface area contributed by atoms with Crippen molar-refractivity contribution in [3.63, 3.8) is 0 Å². The van der Waals surface area contributed by atoms with Crippen LogP contribution < -0.4 is 0 Å². The Hall–Kier alpha value is -2.28. The molecule has 0 aliphatic carbocycles. The van der Waals surface area contributed by atoms with E-state index in [-0.39, 0.29) is 17.2 Å².